The molecule has 1 fully saturated rings. The minimum absolute atomic E-state index is 0.0916. The van der Waals surface area contributed by atoms with E-state index in [9.17, 15) is 14.4 Å². The van der Waals surface area contributed by atoms with Gasteiger partial charge >= 0.3 is 12.0 Å². The molecule has 17 heavy (non-hydrogen) atoms. The number of imide groups is 1. The van der Waals surface area contributed by atoms with E-state index in [1.165, 1.54) is 0 Å². The second-order valence-corrected chi connectivity index (χ2v) is 5.41. The van der Waals surface area contributed by atoms with E-state index in [1.807, 2.05) is 20.8 Å². The Kier molecular flexibility index (Phi) is 3.18. The van der Waals surface area contributed by atoms with Gasteiger partial charge in [-0.25, -0.2) is 4.79 Å². The van der Waals surface area contributed by atoms with Gasteiger partial charge in [-0.3, -0.25) is 14.5 Å². The van der Waals surface area contributed by atoms with Crippen molar-refractivity contribution in [3.63, 3.8) is 0 Å². The molecule has 0 aromatic heterocycles. The summed E-state index contributed by atoms with van der Waals surface area (Å²) in [5.41, 5.74) is -1.42. The molecule has 0 spiro atoms. The molecule has 6 heteroatoms. The number of carboxylic acids is 1. The lowest BCUT2D eigenvalue weighted by Crippen LogP contribution is -2.54. The average Bonchev–Trinajstić information content (AvgIpc) is 2.35. The van der Waals surface area contributed by atoms with E-state index in [4.69, 9.17) is 5.11 Å². The second kappa shape index (κ2) is 4.01. The fourth-order valence-corrected chi connectivity index (χ4v) is 1.62. The van der Waals surface area contributed by atoms with Gasteiger partial charge in [-0.05, 0) is 12.3 Å². The number of carbonyl (C=O) groups is 3. The van der Waals surface area contributed by atoms with Crippen molar-refractivity contribution in [2.75, 3.05) is 6.54 Å². The number of hydrogen-bond acceptors (Lipinski definition) is 3. The molecule has 0 aromatic rings. The maximum absolute atomic E-state index is 12.1. The van der Waals surface area contributed by atoms with Gasteiger partial charge in [0.2, 0.25) is 0 Å². The Morgan fingerprint density at radius 3 is 2.29 bits per heavy atom. The van der Waals surface area contributed by atoms with Gasteiger partial charge in [0.05, 0.1) is 6.42 Å². The molecule has 2 N–H and O–H groups in total. The van der Waals surface area contributed by atoms with Crippen LogP contribution in [0.25, 0.3) is 0 Å². The van der Waals surface area contributed by atoms with Gasteiger partial charge in [0.15, 0.2) is 0 Å². The first-order valence-electron chi connectivity index (χ1n) is 5.45. The molecule has 3 amide bonds. The van der Waals surface area contributed by atoms with Crippen molar-refractivity contribution < 1.29 is 19.5 Å². The van der Waals surface area contributed by atoms with Gasteiger partial charge in [0.25, 0.3) is 5.91 Å². The minimum Gasteiger partial charge on any atom is -0.481 e. The van der Waals surface area contributed by atoms with Crippen LogP contribution in [0.1, 0.15) is 34.1 Å². The molecule has 1 aliphatic rings. The van der Waals surface area contributed by atoms with E-state index >= 15 is 0 Å². The number of carboxylic acid groups (broad SMARTS) is 1. The lowest BCUT2D eigenvalue weighted by Gasteiger charge is -2.35. The summed E-state index contributed by atoms with van der Waals surface area (Å²) in [6, 6.07) is -0.520. The summed E-state index contributed by atoms with van der Waals surface area (Å²) in [5.74, 6) is -1.40. The molecule has 1 saturated heterocycles. The van der Waals surface area contributed by atoms with Gasteiger partial charge in [-0.1, -0.05) is 20.8 Å². The van der Waals surface area contributed by atoms with Crippen molar-refractivity contribution in [3.8, 4) is 0 Å². The largest absolute Gasteiger partial charge is 0.481 e. The predicted octanol–water partition coefficient (Wildman–Crippen LogP) is 0.818. The third kappa shape index (κ3) is 2.25. The first-order valence-corrected chi connectivity index (χ1v) is 5.45. The van der Waals surface area contributed by atoms with Crippen LogP contribution in [-0.4, -0.2) is 40.0 Å². The Morgan fingerprint density at radius 2 is 1.94 bits per heavy atom. The standard InChI is InChI=1S/C11H18N2O4/c1-10(2,3)11(4)8(16)13(9(17)12-11)6-5-7(14)15/h5-6H2,1-4H3,(H,12,17)(H,14,15). The molecule has 0 aliphatic carbocycles. The van der Waals surface area contributed by atoms with Crippen LogP contribution in [-0.2, 0) is 9.59 Å². The predicted molar refractivity (Wildman–Crippen MR) is 60.4 cm³/mol. The summed E-state index contributed by atoms with van der Waals surface area (Å²) in [4.78, 5) is 35.2. The molecule has 1 rings (SSSR count). The smallest absolute Gasteiger partial charge is 0.325 e. The second-order valence-electron chi connectivity index (χ2n) is 5.41. The molecular weight excluding hydrogens is 224 g/mol. The highest BCUT2D eigenvalue weighted by atomic mass is 16.4. The van der Waals surface area contributed by atoms with E-state index in [1.54, 1.807) is 6.92 Å². The molecule has 1 unspecified atom stereocenters. The number of amides is 3. The first kappa shape index (κ1) is 13.5. The van der Waals surface area contributed by atoms with E-state index in [0.29, 0.717) is 0 Å². The monoisotopic (exact) mass is 242 g/mol. The molecule has 0 aromatic carbocycles. The fourth-order valence-electron chi connectivity index (χ4n) is 1.62. The third-order valence-electron chi connectivity index (χ3n) is 3.32. The molecular formula is C11H18N2O4. The average molecular weight is 242 g/mol. The Morgan fingerprint density at radius 1 is 1.41 bits per heavy atom. The van der Waals surface area contributed by atoms with Gasteiger partial charge in [-0.15, -0.1) is 0 Å². The lowest BCUT2D eigenvalue weighted by atomic mass is 9.75. The topological polar surface area (TPSA) is 86.7 Å². The Bertz CT molecular complexity index is 372. The number of rotatable bonds is 3. The van der Waals surface area contributed by atoms with Crippen molar-refractivity contribution in [1.82, 2.24) is 10.2 Å². The maximum Gasteiger partial charge on any atom is 0.325 e. The van der Waals surface area contributed by atoms with Crippen molar-refractivity contribution in [2.24, 2.45) is 5.41 Å². The zero-order valence-corrected chi connectivity index (χ0v) is 10.5. The van der Waals surface area contributed by atoms with Crippen LogP contribution in [0.15, 0.2) is 0 Å². The fraction of sp³-hybridized carbons (Fsp3) is 0.727. The highest BCUT2D eigenvalue weighted by Crippen LogP contribution is 2.35. The highest BCUT2D eigenvalue weighted by Gasteiger charge is 2.54. The lowest BCUT2D eigenvalue weighted by molar-refractivity contribution is -0.138. The van der Waals surface area contributed by atoms with Crippen molar-refractivity contribution in [2.45, 2.75) is 39.7 Å². The number of nitrogens with zero attached hydrogens (tertiary/aromatic N) is 1. The molecule has 96 valence electrons. The van der Waals surface area contributed by atoms with Gasteiger partial charge in [0.1, 0.15) is 5.54 Å². The summed E-state index contributed by atoms with van der Waals surface area (Å²) in [6.07, 6.45) is -0.237. The number of aliphatic carboxylic acids is 1. The maximum atomic E-state index is 12.1. The molecule has 0 radical (unpaired) electrons. The quantitative estimate of drug-likeness (QED) is 0.717. The van der Waals surface area contributed by atoms with Gasteiger partial charge in [0, 0.05) is 6.54 Å². The van der Waals surface area contributed by atoms with Crippen LogP contribution in [0.3, 0.4) is 0 Å². The normalized spacial score (nSPS) is 25.1. The summed E-state index contributed by atoms with van der Waals surface area (Å²) in [5, 5.41) is 11.2. The number of carbonyl (C=O) groups excluding carboxylic acids is 2. The van der Waals surface area contributed by atoms with Crippen LogP contribution >= 0.6 is 0 Å². The van der Waals surface area contributed by atoms with E-state index in [-0.39, 0.29) is 18.9 Å². The number of nitrogens with one attached hydrogen (secondary N) is 1. The first-order chi connectivity index (χ1) is 7.59. The summed E-state index contributed by atoms with van der Waals surface area (Å²) >= 11 is 0. The van der Waals surface area contributed by atoms with Crippen LogP contribution in [0.4, 0.5) is 4.79 Å². The van der Waals surface area contributed by atoms with E-state index < -0.39 is 23.0 Å². The van der Waals surface area contributed by atoms with Crippen LogP contribution < -0.4 is 5.32 Å². The Balaban J connectivity index is 2.89. The SMILES string of the molecule is CC(C)(C)C1(C)NC(=O)N(CCC(=O)O)C1=O. The van der Waals surface area contributed by atoms with Crippen molar-refractivity contribution in [3.05, 3.63) is 0 Å². The molecule has 1 heterocycles. The number of hydrogen-bond donors (Lipinski definition) is 2. The van der Waals surface area contributed by atoms with Crippen LogP contribution in [0.5, 0.6) is 0 Å². The van der Waals surface area contributed by atoms with Crippen LogP contribution in [0, 0.1) is 5.41 Å². The summed E-state index contributed by atoms with van der Waals surface area (Å²) in [6.45, 7) is 7.13. The van der Waals surface area contributed by atoms with Gasteiger partial charge in [-0.2, -0.15) is 0 Å². The zero-order chi connectivity index (χ0) is 13.4. The van der Waals surface area contributed by atoms with E-state index in [2.05, 4.69) is 5.32 Å². The molecule has 0 saturated carbocycles. The van der Waals surface area contributed by atoms with E-state index in [0.717, 1.165) is 4.90 Å². The summed E-state index contributed by atoms with van der Waals surface area (Å²) < 4.78 is 0. The Labute approximate surface area is 100.0 Å². The van der Waals surface area contributed by atoms with Crippen LogP contribution in [0.2, 0.25) is 0 Å². The molecule has 1 atom stereocenters. The van der Waals surface area contributed by atoms with Crippen molar-refractivity contribution in [1.29, 1.82) is 0 Å². The molecule has 6 nitrogen and oxygen atoms in total. The van der Waals surface area contributed by atoms with Gasteiger partial charge < -0.3 is 10.4 Å². The zero-order valence-electron chi connectivity index (χ0n) is 10.5. The molecule has 1 aliphatic heterocycles. The molecule has 0 bridgehead atoms. The highest BCUT2D eigenvalue weighted by molar-refractivity contribution is 6.07. The Hall–Kier alpha value is -1.59. The van der Waals surface area contributed by atoms with Crippen molar-refractivity contribution >= 4 is 17.9 Å². The third-order valence-corrected chi connectivity index (χ3v) is 3.32. The summed E-state index contributed by atoms with van der Waals surface area (Å²) in [7, 11) is 0. The number of urea groups is 1. The minimum atomic E-state index is -1.03.